The maximum atomic E-state index is 10.8. The fourth-order valence-corrected chi connectivity index (χ4v) is 1.40. The molecule has 0 aliphatic heterocycles. The molecule has 0 bridgehead atoms. The molecule has 1 atom stereocenters. The van der Waals surface area contributed by atoms with Gasteiger partial charge in [-0.2, -0.15) is 0 Å². The van der Waals surface area contributed by atoms with Crippen LogP contribution in [-0.4, -0.2) is 16.9 Å². The van der Waals surface area contributed by atoms with Gasteiger partial charge in [-0.25, -0.2) is 0 Å². The first-order valence-corrected chi connectivity index (χ1v) is 4.94. The summed E-state index contributed by atoms with van der Waals surface area (Å²) in [6.07, 6.45) is 3.82. The summed E-state index contributed by atoms with van der Waals surface area (Å²) in [7, 11) is -1.38. The zero-order valence-electron chi connectivity index (χ0n) is 6.16. The van der Waals surface area contributed by atoms with Crippen LogP contribution >= 0.6 is 7.80 Å². The van der Waals surface area contributed by atoms with Crippen molar-refractivity contribution in [3.8, 4) is 0 Å². The molecule has 0 aromatic heterocycles. The molecule has 1 unspecified atom stereocenters. The van der Waals surface area contributed by atoms with E-state index in [1.807, 2.05) is 0 Å². The molecule has 0 aliphatic rings. The zero-order chi connectivity index (χ0) is 7.82. The lowest BCUT2D eigenvalue weighted by molar-refractivity contribution is 0.00763. The summed E-state index contributed by atoms with van der Waals surface area (Å²) >= 11 is 0. The highest BCUT2D eigenvalue weighted by atomic mass is 31.1. The molecular weight excluding hydrogens is 147 g/mol. The van der Waals surface area contributed by atoms with Crippen molar-refractivity contribution >= 4 is 13.8 Å². The van der Waals surface area contributed by atoms with Crippen molar-refractivity contribution in [2.75, 3.05) is 6.16 Å². The molecule has 0 saturated heterocycles. The molecule has 56 valence electrons. The lowest BCUT2D eigenvalue weighted by Crippen LogP contribution is -1.79. The average molecular weight is 159 g/mol. The summed E-state index contributed by atoms with van der Waals surface area (Å²) in [5.74, 6) is 1.10. The monoisotopic (exact) mass is 159 g/mol. The largest absolute Gasteiger partial charge is 0.481 e. The van der Waals surface area contributed by atoms with Gasteiger partial charge in [0.1, 0.15) is 0 Å². The van der Waals surface area contributed by atoms with Crippen LogP contribution in [0.3, 0.4) is 0 Å². The number of hydrogen-bond acceptors (Lipinski definition) is 1. The van der Waals surface area contributed by atoms with Gasteiger partial charge in [0.15, 0.2) is 6.16 Å². The van der Waals surface area contributed by atoms with Gasteiger partial charge in [-0.1, -0.05) is 17.9 Å². The maximum Gasteiger partial charge on any atom is 0.481 e. The Morgan fingerprint density at radius 2 is 2.30 bits per heavy atom. The van der Waals surface area contributed by atoms with Gasteiger partial charge < -0.3 is 5.53 Å². The molecule has 0 N–H and O–H groups in total. The number of rotatable bonds is 5. The van der Waals surface area contributed by atoms with Crippen molar-refractivity contribution < 1.29 is 9.35 Å². The second-order valence-corrected chi connectivity index (χ2v) is 3.59. The molecule has 0 rings (SSSR count). The summed E-state index contributed by atoms with van der Waals surface area (Å²) in [6.45, 7) is 2.09. The SMILES string of the molecule is CCCCC[P+](=O)C=[N+]=[N-]. The van der Waals surface area contributed by atoms with Gasteiger partial charge in [-0.05, 0) is 12.8 Å². The Morgan fingerprint density at radius 3 is 2.80 bits per heavy atom. The summed E-state index contributed by atoms with van der Waals surface area (Å²) in [5.41, 5.74) is 7.98. The van der Waals surface area contributed by atoms with Crippen LogP contribution in [0.4, 0.5) is 0 Å². The van der Waals surface area contributed by atoms with Gasteiger partial charge >= 0.3 is 13.8 Å². The Bertz CT molecular complexity index is 152. The highest BCUT2D eigenvalue weighted by Crippen LogP contribution is 2.17. The third-order valence-corrected chi connectivity index (χ3v) is 2.28. The van der Waals surface area contributed by atoms with Crippen molar-refractivity contribution in [2.45, 2.75) is 26.2 Å². The highest BCUT2D eigenvalue weighted by molar-refractivity contribution is 7.60. The van der Waals surface area contributed by atoms with Crippen molar-refractivity contribution in [2.24, 2.45) is 0 Å². The van der Waals surface area contributed by atoms with Crippen LogP contribution in [0.2, 0.25) is 0 Å². The van der Waals surface area contributed by atoms with Crippen LogP contribution in [0.5, 0.6) is 0 Å². The van der Waals surface area contributed by atoms with E-state index in [9.17, 15) is 4.57 Å². The molecule has 0 aliphatic carbocycles. The Hall–Kier alpha value is -0.520. The molecule has 0 radical (unpaired) electrons. The van der Waals surface area contributed by atoms with Crippen molar-refractivity contribution in [1.29, 1.82) is 0 Å². The van der Waals surface area contributed by atoms with E-state index in [1.165, 1.54) is 0 Å². The minimum atomic E-state index is -1.38. The Morgan fingerprint density at radius 1 is 1.60 bits per heavy atom. The van der Waals surface area contributed by atoms with Crippen LogP contribution < -0.4 is 0 Å². The van der Waals surface area contributed by atoms with Gasteiger partial charge in [-0.3, -0.25) is 0 Å². The van der Waals surface area contributed by atoms with E-state index in [-0.39, 0.29) is 0 Å². The van der Waals surface area contributed by atoms with Gasteiger partial charge in [0.2, 0.25) is 0 Å². The fraction of sp³-hybridized carbons (Fsp3) is 0.833. The van der Waals surface area contributed by atoms with E-state index in [0.717, 1.165) is 25.2 Å². The number of nitrogens with zero attached hydrogens (tertiary/aromatic N) is 2. The van der Waals surface area contributed by atoms with E-state index >= 15 is 0 Å². The first-order valence-electron chi connectivity index (χ1n) is 3.42. The van der Waals surface area contributed by atoms with Gasteiger partial charge in [0.05, 0.1) is 0 Å². The highest BCUT2D eigenvalue weighted by Gasteiger charge is 2.14. The normalized spacial score (nSPS) is 10.3. The minimum absolute atomic E-state index is 0.646. The minimum Gasteiger partial charge on any atom is -0.357 e. The molecule has 0 heterocycles. The molecule has 4 heteroatoms. The third-order valence-electron chi connectivity index (χ3n) is 1.16. The van der Waals surface area contributed by atoms with E-state index < -0.39 is 7.80 Å². The standard InChI is InChI=1S/C6H12N2OP/c1-2-3-4-5-10(9)6-8-7/h6H,2-5H2,1H3/q+1. The van der Waals surface area contributed by atoms with Crippen molar-refractivity contribution in [3.05, 3.63) is 5.53 Å². The van der Waals surface area contributed by atoms with E-state index in [1.54, 1.807) is 0 Å². The second kappa shape index (κ2) is 6.60. The molecule has 0 aromatic rings. The Balaban J connectivity index is 3.31. The summed E-state index contributed by atoms with van der Waals surface area (Å²) < 4.78 is 10.8. The van der Waals surface area contributed by atoms with Crippen LogP contribution in [0.15, 0.2) is 0 Å². The van der Waals surface area contributed by atoms with Crippen LogP contribution in [0, 0.1) is 0 Å². The number of hydrogen-bond donors (Lipinski definition) is 0. The van der Waals surface area contributed by atoms with Crippen LogP contribution in [0.1, 0.15) is 26.2 Å². The van der Waals surface area contributed by atoms with Crippen molar-refractivity contribution in [3.63, 3.8) is 0 Å². The van der Waals surface area contributed by atoms with Gasteiger partial charge in [0, 0.05) is 0 Å². The number of unbranched alkanes of at least 4 members (excludes halogenated alkanes) is 2. The van der Waals surface area contributed by atoms with E-state index in [4.69, 9.17) is 5.53 Å². The molecule has 0 spiro atoms. The van der Waals surface area contributed by atoms with Crippen molar-refractivity contribution in [1.82, 2.24) is 0 Å². The van der Waals surface area contributed by atoms with Gasteiger partial charge in [-0.15, -0.1) is 4.79 Å². The predicted octanol–water partition coefficient (Wildman–Crippen LogP) is 2.26. The lowest BCUT2D eigenvalue weighted by atomic mass is 10.3. The Kier molecular flexibility index (Phi) is 6.25. The fourth-order valence-electron chi connectivity index (χ4n) is 0.633. The van der Waals surface area contributed by atoms with Gasteiger partial charge in [0.25, 0.3) is 0 Å². The first-order chi connectivity index (χ1) is 4.81. The molecule has 0 aromatic carbocycles. The predicted molar refractivity (Wildman–Crippen MR) is 41.7 cm³/mol. The van der Waals surface area contributed by atoms with E-state index in [2.05, 4.69) is 11.7 Å². The Labute approximate surface area is 61.9 Å². The molecule has 0 fully saturated rings. The molecule has 10 heavy (non-hydrogen) atoms. The summed E-state index contributed by atoms with van der Waals surface area (Å²) in [6, 6.07) is 0. The van der Waals surface area contributed by atoms with Crippen LogP contribution in [0.25, 0.3) is 5.53 Å². The molecule has 0 saturated carbocycles. The average Bonchev–Trinajstić information content (AvgIpc) is 1.89. The topological polar surface area (TPSA) is 53.5 Å². The van der Waals surface area contributed by atoms with E-state index in [0.29, 0.717) is 6.16 Å². The first kappa shape index (κ1) is 9.48. The third kappa shape index (κ3) is 5.61. The molecular formula is C6H12N2OP+. The maximum absolute atomic E-state index is 10.8. The molecule has 0 amide bonds. The smallest absolute Gasteiger partial charge is 0.357 e. The summed E-state index contributed by atoms with van der Waals surface area (Å²) in [5, 5.41) is 0. The quantitative estimate of drug-likeness (QED) is 0.199. The summed E-state index contributed by atoms with van der Waals surface area (Å²) in [4.78, 5) is 2.71. The van der Waals surface area contributed by atoms with Crippen LogP contribution in [-0.2, 0) is 4.57 Å². The molecule has 3 nitrogen and oxygen atoms in total. The lowest BCUT2D eigenvalue weighted by Gasteiger charge is -1.83. The second-order valence-electron chi connectivity index (χ2n) is 2.08. The zero-order valence-corrected chi connectivity index (χ0v) is 7.05.